The molecule has 20 heteroatoms. The van der Waals surface area contributed by atoms with Crippen LogP contribution in [0.15, 0.2) is 0 Å². The lowest BCUT2D eigenvalue weighted by Gasteiger charge is -2.45. The molecular formula is C9HF19O. The molecule has 0 heterocycles. The van der Waals surface area contributed by atoms with Gasteiger partial charge in [-0.05, 0) is 0 Å². The number of hydrogen-bond acceptors (Lipinski definition) is 1. The second-order valence-corrected chi connectivity index (χ2v) is 5.08. The molecular weight excluding hydrogens is 485 g/mol. The molecule has 0 saturated heterocycles. The molecule has 0 aromatic heterocycles. The van der Waals surface area contributed by atoms with E-state index in [0.717, 1.165) is 0 Å². The maximum absolute atomic E-state index is 13.2. The number of aliphatic hydroxyl groups is 1. The van der Waals surface area contributed by atoms with Gasteiger partial charge < -0.3 is 5.11 Å². The van der Waals surface area contributed by atoms with Crippen LogP contribution < -0.4 is 0 Å². The lowest BCUT2D eigenvalue weighted by Crippen LogP contribution is -2.79. The second kappa shape index (κ2) is 6.32. The average molecular weight is 486 g/mol. The fourth-order valence-electron chi connectivity index (χ4n) is 1.51. The van der Waals surface area contributed by atoms with Crippen molar-refractivity contribution in [1.29, 1.82) is 0 Å². The quantitative estimate of drug-likeness (QED) is 0.504. The van der Waals surface area contributed by atoms with E-state index in [0.29, 0.717) is 0 Å². The van der Waals surface area contributed by atoms with Crippen molar-refractivity contribution in [3.8, 4) is 0 Å². The van der Waals surface area contributed by atoms with Gasteiger partial charge in [-0.15, -0.1) is 0 Å². The van der Waals surface area contributed by atoms with E-state index in [9.17, 15) is 83.4 Å². The fraction of sp³-hybridized carbons (Fsp3) is 1.00. The van der Waals surface area contributed by atoms with Crippen molar-refractivity contribution in [2.45, 2.75) is 53.7 Å². The first-order valence-electron chi connectivity index (χ1n) is 5.81. The number of rotatable bonds is 5. The van der Waals surface area contributed by atoms with Crippen molar-refractivity contribution < 1.29 is 88.5 Å². The Morgan fingerprint density at radius 3 is 0.690 bits per heavy atom. The standard InChI is InChI=1S/C9HF19O/c10-2(11,1(29,7(20,21)22)8(23,24)25)3(12,13)4(14,15)5(16,17)6(18,19)9(26,27)28/h29H. The predicted molar refractivity (Wildman–Crippen MR) is 47.8 cm³/mol. The first-order valence-corrected chi connectivity index (χ1v) is 5.81. The summed E-state index contributed by atoms with van der Waals surface area (Å²) in [5.74, 6) is -43.9. The molecule has 176 valence electrons. The van der Waals surface area contributed by atoms with Crippen LogP contribution in [-0.2, 0) is 0 Å². The minimum absolute atomic E-state index is 7.92. The number of alkyl halides is 19. The van der Waals surface area contributed by atoms with Gasteiger partial charge >= 0.3 is 53.7 Å². The van der Waals surface area contributed by atoms with E-state index in [1.165, 1.54) is 0 Å². The van der Waals surface area contributed by atoms with Gasteiger partial charge in [-0.1, -0.05) is 0 Å². The Kier molecular flexibility index (Phi) is 6.02. The third-order valence-corrected chi connectivity index (χ3v) is 3.21. The number of hydrogen-bond donors (Lipinski definition) is 1. The van der Waals surface area contributed by atoms with Crippen molar-refractivity contribution in [3.05, 3.63) is 0 Å². The van der Waals surface area contributed by atoms with Crippen molar-refractivity contribution in [2.24, 2.45) is 0 Å². The lowest BCUT2D eigenvalue weighted by molar-refractivity contribution is -0.488. The molecule has 0 bridgehead atoms. The average Bonchev–Trinajstić information content (AvgIpc) is 2.41. The summed E-state index contributed by atoms with van der Waals surface area (Å²) in [6.45, 7) is 0. The second-order valence-electron chi connectivity index (χ2n) is 5.08. The molecule has 0 amide bonds. The van der Waals surface area contributed by atoms with Gasteiger partial charge in [-0.3, -0.25) is 0 Å². The molecule has 0 aliphatic rings. The van der Waals surface area contributed by atoms with Gasteiger partial charge in [-0.25, -0.2) is 0 Å². The largest absolute Gasteiger partial charge is 0.460 e. The third-order valence-electron chi connectivity index (χ3n) is 3.21. The van der Waals surface area contributed by atoms with Gasteiger partial charge in [0.2, 0.25) is 0 Å². The minimum atomic E-state index is -8.99. The highest BCUT2D eigenvalue weighted by molar-refractivity contribution is 5.18. The Hall–Kier alpha value is -1.37. The highest BCUT2D eigenvalue weighted by Gasteiger charge is 2.97. The Morgan fingerprint density at radius 2 is 0.483 bits per heavy atom. The van der Waals surface area contributed by atoms with Crippen LogP contribution >= 0.6 is 0 Å². The zero-order valence-corrected chi connectivity index (χ0v) is 12.1. The first kappa shape index (κ1) is 27.6. The van der Waals surface area contributed by atoms with Crippen molar-refractivity contribution in [2.75, 3.05) is 0 Å². The van der Waals surface area contributed by atoms with Crippen LogP contribution in [0.1, 0.15) is 0 Å². The minimum Gasteiger partial charge on any atom is -0.369 e. The molecule has 0 unspecified atom stereocenters. The predicted octanol–water partition coefficient (Wildman–Crippen LogP) is 5.58. The molecule has 0 aliphatic heterocycles. The fourth-order valence-corrected chi connectivity index (χ4v) is 1.51. The summed E-state index contributed by atoms with van der Waals surface area (Å²) in [7, 11) is 0. The van der Waals surface area contributed by atoms with Gasteiger partial charge in [0.05, 0.1) is 0 Å². The van der Waals surface area contributed by atoms with Crippen LogP contribution in [0.2, 0.25) is 0 Å². The molecule has 0 aromatic carbocycles. The third kappa shape index (κ3) is 3.24. The molecule has 0 rings (SSSR count). The van der Waals surface area contributed by atoms with Crippen molar-refractivity contribution in [1.82, 2.24) is 0 Å². The summed E-state index contributed by atoms with van der Waals surface area (Å²) in [5, 5.41) is 8.07. The molecule has 0 fully saturated rings. The van der Waals surface area contributed by atoms with E-state index < -0.39 is 53.7 Å². The van der Waals surface area contributed by atoms with Crippen molar-refractivity contribution >= 4 is 0 Å². The summed E-state index contributed by atoms with van der Waals surface area (Å²) in [5.41, 5.74) is -8.29. The van der Waals surface area contributed by atoms with Gasteiger partial charge in [0.1, 0.15) is 0 Å². The van der Waals surface area contributed by atoms with Gasteiger partial charge in [-0.2, -0.15) is 83.4 Å². The molecule has 1 nitrogen and oxygen atoms in total. The maximum Gasteiger partial charge on any atom is 0.460 e. The zero-order chi connectivity index (χ0) is 24.5. The molecule has 0 aromatic rings. The highest BCUT2D eigenvalue weighted by atomic mass is 19.4. The van der Waals surface area contributed by atoms with Gasteiger partial charge in [0.25, 0.3) is 0 Å². The van der Waals surface area contributed by atoms with Gasteiger partial charge in [0, 0.05) is 0 Å². The van der Waals surface area contributed by atoms with Crippen LogP contribution in [0, 0.1) is 0 Å². The molecule has 0 radical (unpaired) electrons. The SMILES string of the molecule is OC(C(F)(F)F)(C(F)(F)F)C(F)(F)C(F)(F)C(F)(F)C(F)(F)C(F)(F)C(F)(F)F. The highest BCUT2D eigenvalue weighted by Crippen LogP contribution is 2.65. The van der Waals surface area contributed by atoms with E-state index in [1.807, 2.05) is 0 Å². The Balaban J connectivity index is 7.04. The van der Waals surface area contributed by atoms with E-state index in [2.05, 4.69) is 0 Å². The van der Waals surface area contributed by atoms with Crippen LogP contribution in [0.25, 0.3) is 0 Å². The first-order chi connectivity index (χ1) is 12.0. The van der Waals surface area contributed by atoms with Crippen LogP contribution in [-0.4, -0.2) is 58.8 Å². The molecule has 0 aliphatic carbocycles. The van der Waals surface area contributed by atoms with Gasteiger partial charge in [0.15, 0.2) is 0 Å². The Morgan fingerprint density at radius 1 is 0.276 bits per heavy atom. The normalized spacial score (nSPS) is 17.0. The maximum atomic E-state index is 13.2. The summed E-state index contributed by atoms with van der Waals surface area (Å²) in [6, 6.07) is 0. The Bertz CT molecular complexity index is 589. The summed E-state index contributed by atoms with van der Waals surface area (Å²) in [6.07, 6.45) is -24.1. The summed E-state index contributed by atoms with van der Waals surface area (Å²) < 4.78 is 237. The zero-order valence-electron chi connectivity index (χ0n) is 12.1. The van der Waals surface area contributed by atoms with E-state index in [-0.39, 0.29) is 0 Å². The molecule has 0 atom stereocenters. The number of halogens is 19. The van der Waals surface area contributed by atoms with Crippen molar-refractivity contribution in [3.63, 3.8) is 0 Å². The summed E-state index contributed by atoms with van der Waals surface area (Å²) >= 11 is 0. The van der Waals surface area contributed by atoms with Crippen LogP contribution in [0.5, 0.6) is 0 Å². The van der Waals surface area contributed by atoms with E-state index >= 15 is 0 Å². The molecule has 0 spiro atoms. The van der Waals surface area contributed by atoms with E-state index in [1.54, 1.807) is 0 Å². The smallest absolute Gasteiger partial charge is 0.369 e. The molecule has 0 saturated carbocycles. The Labute approximate surface area is 144 Å². The topological polar surface area (TPSA) is 20.2 Å². The molecule has 29 heavy (non-hydrogen) atoms. The van der Waals surface area contributed by atoms with E-state index in [4.69, 9.17) is 5.11 Å². The van der Waals surface area contributed by atoms with Crippen LogP contribution in [0.4, 0.5) is 83.4 Å². The molecule has 1 N–H and O–H groups in total. The summed E-state index contributed by atoms with van der Waals surface area (Å²) in [4.78, 5) is 0. The lowest BCUT2D eigenvalue weighted by atomic mass is 9.83. The van der Waals surface area contributed by atoms with Crippen LogP contribution in [0.3, 0.4) is 0 Å². The monoisotopic (exact) mass is 486 g/mol.